The summed E-state index contributed by atoms with van der Waals surface area (Å²) in [6.45, 7) is 2.01. The monoisotopic (exact) mass is 196 g/mol. The van der Waals surface area contributed by atoms with Crippen molar-refractivity contribution in [3.8, 4) is 5.06 Å². The molecule has 1 heterocycles. The summed E-state index contributed by atoms with van der Waals surface area (Å²) in [5, 5.41) is 10.7. The second-order valence-corrected chi connectivity index (χ2v) is 4.21. The SMILES string of the molecule is Cc1ccc2cc(O)sc2c1S. The van der Waals surface area contributed by atoms with Crippen LogP contribution >= 0.6 is 24.0 Å². The maximum Gasteiger partial charge on any atom is 0.172 e. The third-order valence-corrected chi connectivity index (χ3v) is 3.55. The van der Waals surface area contributed by atoms with Gasteiger partial charge in [0.2, 0.25) is 0 Å². The summed E-state index contributed by atoms with van der Waals surface area (Å²) in [7, 11) is 0. The number of hydrogen-bond donors (Lipinski definition) is 2. The predicted molar refractivity (Wildman–Crippen MR) is 55.5 cm³/mol. The number of rotatable bonds is 0. The molecule has 0 saturated carbocycles. The molecule has 3 heteroatoms. The molecule has 0 atom stereocenters. The molecule has 0 unspecified atom stereocenters. The average Bonchev–Trinajstić information content (AvgIpc) is 2.39. The quantitative estimate of drug-likeness (QED) is 0.620. The van der Waals surface area contributed by atoms with Gasteiger partial charge in [0.15, 0.2) is 5.06 Å². The molecule has 0 spiro atoms. The van der Waals surface area contributed by atoms with E-state index in [-0.39, 0.29) is 0 Å². The molecule has 1 nitrogen and oxygen atoms in total. The third-order valence-electron chi connectivity index (χ3n) is 1.85. The van der Waals surface area contributed by atoms with Gasteiger partial charge in [0.25, 0.3) is 0 Å². The van der Waals surface area contributed by atoms with E-state index in [9.17, 15) is 5.11 Å². The van der Waals surface area contributed by atoms with Crippen LogP contribution in [0.5, 0.6) is 5.06 Å². The van der Waals surface area contributed by atoms with Crippen LogP contribution in [0.4, 0.5) is 0 Å². The molecule has 62 valence electrons. The molecule has 0 aliphatic heterocycles. The summed E-state index contributed by atoms with van der Waals surface area (Å²) in [4.78, 5) is 0.970. The van der Waals surface area contributed by atoms with Gasteiger partial charge in [-0.05, 0) is 23.9 Å². The number of thiol groups is 1. The van der Waals surface area contributed by atoms with E-state index in [0.29, 0.717) is 5.06 Å². The molecule has 2 aromatic rings. The summed E-state index contributed by atoms with van der Waals surface area (Å²) in [6.07, 6.45) is 0. The Labute approximate surface area is 80.1 Å². The van der Waals surface area contributed by atoms with Crippen molar-refractivity contribution in [1.29, 1.82) is 0 Å². The minimum atomic E-state index is 0.353. The van der Waals surface area contributed by atoms with Crippen LogP contribution in [0, 0.1) is 6.92 Å². The minimum Gasteiger partial charge on any atom is -0.499 e. The first-order valence-electron chi connectivity index (χ1n) is 3.59. The van der Waals surface area contributed by atoms with Crippen LogP contribution in [0.3, 0.4) is 0 Å². The van der Waals surface area contributed by atoms with Crippen molar-refractivity contribution in [2.24, 2.45) is 0 Å². The van der Waals surface area contributed by atoms with E-state index in [0.717, 1.165) is 20.5 Å². The Morgan fingerprint density at radius 1 is 1.42 bits per heavy atom. The van der Waals surface area contributed by atoms with Crippen LogP contribution in [0.1, 0.15) is 5.56 Å². The van der Waals surface area contributed by atoms with Gasteiger partial charge < -0.3 is 5.11 Å². The van der Waals surface area contributed by atoms with Crippen molar-refractivity contribution in [1.82, 2.24) is 0 Å². The van der Waals surface area contributed by atoms with E-state index in [1.54, 1.807) is 6.07 Å². The third kappa shape index (κ3) is 1.09. The molecule has 0 saturated heterocycles. The number of aryl methyl sites for hydroxylation is 1. The normalized spacial score (nSPS) is 10.8. The van der Waals surface area contributed by atoms with Crippen LogP contribution in [0.15, 0.2) is 23.1 Å². The van der Waals surface area contributed by atoms with Crippen LogP contribution in [-0.2, 0) is 0 Å². The van der Waals surface area contributed by atoms with E-state index < -0.39 is 0 Å². The topological polar surface area (TPSA) is 20.2 Å². The Hall–Kier alpha value is -0.670. The summed E-state index contributed by atoms with van der Waals surface area (Å²) in [6, 6.07) is 5.77. The van der Waals surface area contributed by atoms with Crippen molar-refractivity contribution < 1.29 is 5.11 Å². The maximum atomic E-state index is 9.26. The van der Waals surface area contributed by atoms with E-state index >= 15 is 0 Å². The number of thiophene rings is 1. The Balaban J connectivity index is 2.89. The average molecular weight is 196 g/mol. The first kappa shape index (κ1) is 7.95. The number of fused-ring (bicyclic) bond motifs is 1. The van der Waals surface area contributed by atoms with Crippen molar-refractivity contribution in [2.75, 3.05) is 0 Å². The molecule has 1 N–H and O–H groups in total. The molecule has 0 aliphatic rings. The maximum absolute atomic E-state index is 9.26. The van der Waals surface area contributed by atoms with Crippen LogP contribution < -0.4 is 0 Å². The van der Waals surface area contributed by atoms with Crippen LogP contribution in [-0.4, -0.2) is 5.11 Å². The van der Waals surface area contributed by atoms with Gasteiger partial charge in [0, 0.05) is 4.90 Å². The van der Waals surface area contributed by atoms with Crippen molar-refractivity contribution >= 4 is 34.1 Å². The lowest BCUT2D eigenvalue weighted by Gasteiger charge is -1.97. The molecule has 1 aromatic heterocycles. The highest BCUT2D eigenvalue weighted by Crippen LogP contribution is 2.35. The molecule has 12 heavy (non-hydrogen) atoms. The number of benzene rings is 1. The second-order valence-electron chi connectivity index (χ2n) is 2.73. The van der Waals surface area contributed by atoms with E-state index in [2.05, 4.69) is 12.6 Å². The largest absolute Gasteiger partial charge is 0.499 e. The lowest BCUT2D eigenvalue weighted by Crippen LogP contribution is -1.73. The Bertz CT molecular complexity index is 431. The molecule has 0 fully saturated rings. The van der Waals surface area contributed by atoms with Crippen LogP contribution in [0.2, 0.25) is 0 Å². The highest BCUT2D eigenvalue weighted by molar-refractivity contribution is 7.80. The van der Waals surface area contributed by atoms with Gasteiger partial charge >= 0.3 is 0 Å². The van der Waals surface area contributed by atoms with Gasteiger partial charge in [0.1, 0.15) is 0 Å². The lowest BCUT2D eigenvalue weighted by molar-refractivity contribution is 0.491. The van der Waals surface area contributed by atoms with Crippen molar-refractivity contribution in [3.63, 3.8) is 0 Å². The molecule has 2 rings (SSSR count). The zero-order valence-corrected chi connectivity index (χ0v) is 8.25. The van der Waals surface area contributed by atoms with Crippen molar-refractivity contribution in [2.45, 2.75) is 11.8 Å². The Morgan fingerprint density at radius 2 is 2.17 bits per heavy atom. The summed E-state index contributed by atoms with van der Waals surface area (Å²) >= 11 is 5.75. The first-order valence-corrected chi connectivity index (χ1v) is 4.86. The fourth-order valence-electron chi connectivity index (χ4n) is 1.17. The van der Waals surface area contributed by atoms with Gasteiger partial charge in [-0.25, -0.2) is 0 Å². The molecular weight excluding hydrogens is 188 g/mol. The molecule has 0 amide bonds. The van der Waals surface area contributed by atoms with Gasteiger partial charge in [-0.1, -0.05) is 23.5 Å². The number of aromatic hydroxyl groups is 1. The smallest absolute Gasteiger partial charge is 0.172 e. The van der Waals surface area contributed by atoms with E-state index in [1.165, 1.54) is 11.3 Å². The predicted octanol–water partition coefficient (Wildman–Crippen LogP) is 3.20. The molecule has 0 aliphatic carbocycles. The van der Waals surface area contributed by atoms with E-state index in [1.807, 2.05) is 19.1 Å². The summed E-state index contributed by atoms with van der Waals surface area (Å²) < 4.78 is 1.07. The van der Waals surface area contributed by atoms with Crippen LogP contribution in [0.25, 0.3) is 10.1 Å². The van der Waals surface area contributed by atoms with Gasteiger partial charge in [0.05, 0.1) is 4.70 Å². The highest BCUT2D eigenvalue weighted by atomic mass is 32.1. The van der Waals surface area contributed by atoms with Crippen molar-refractivity contribution in [3.05, 3.63) is 23.8 Å². The van der Waals surface area contributed by atoms with Gasteiger partial charge in [-0.15, -0.1) is 12.6 Å². The van der Waals surface area contributed by atoms with Gasteiger partial charge in [-0.2, -0.15) is 0 Å². The fourth-order valence-corrected chi connectivity index (χ4v) is 2.41. The molecular formula is C9H8OS2. The Morgan fingerprint density at radius 3 is 2.92 bits per heavy atom. The molecule has 1 aromatic carbocycles. The molecule has 0 radical (unpaired) electrons. The minimum absolute atomic E-state index is 0.353. The van der Waals surface area contributed by atoms with E-state index in [4.69, 9.17) is 0 Å². The first-order chi connectivity index (χ1) is 5.68. The lowest BCUT2D eigenvalue weighted by atomic mass is 10.2. The highest BCUT2D eigenvalue weighted by Gasteiger charge is 2.04. The second kappa shape index (κ2) is 2.68. The summed E-state index contributed by atoms with van der Waals surface area (Å²) in [5.74, 6) is 0. The zero-order chi connectivity index (χ0) is 8.72. The standard InChI is InChI=1S/C9H8OS2/c1-5-2-3-6-4-7(10)12-9(6)8(5)11/h2-4,10-11H,1H3. The fraction of sp³-hybridized carbons (Fsp3) is 0.111. The Kier molecular flexibility index (Phi) is 1.77. The van der Waals surface area contributed by atoms with Gasteiger partial charge in [-0.3, -0.25) is 0 Å². The molecule has 0 bridgehead atoms. The summed E-state index contributed by atoms with van der Waals surface area (Å²) in [5.41, 5.74) is 1.15. The zero-order valence-electron chi connectivity index (χ0n) is 6.53. The number of hydrogen-bond acceptors (Lipinski definition) is 3.